The van der Waals surface area contributed by atoms with Gasteiger partial charge in [-0.05, 0) is 39.0 Å². The van der Waals surface area contributed by atoms with Gasteiger partial charge in [0.25, 0.3) is 0 Å². The lowest BCUT2D eigenvalue weighted by Crippen LogP contribution is -2.56. The molecular formula is C24H28ClFN2O5. The van der Waals surface area contributed by atoms with Gasteiger partial charge in [-0.2, -0.15) is 0 Å². The normalized spacial score (nSPS) is 18.6. The topological polar surface area (TPSA) is 71.5 Å². The van der Waals surface area contributed by atoms with Crippen LogP contribution in [0, 0.1) is 5.82 Å². The van der Waals surface area contributed by atoms with Crippen LogP contribution in [0.15, 0.2) is 24.3 Å². The van der Waals surface area contributed by atoms with Crippen LogP contribution in [0.3, 0.4) is 0 Å². The van der Waals surface area contributed by atoms with Crippen LogP contribution in [0.5, 0.6) is 17.2 Å². The molecule has 2 aliphatic rings. The molecule has 1 N–H and O–H groups in total. The Hall–Kier alpha value is -2.71. The quantitative estimate of drug-likeness (QED) is 0.676. The molecule has 0 spiro atoms. The summed E-state index contributed by atoms with van der Waals surface area (Å²) in [5.74, 6) is -0.0923. The van der Waals surface area contributed by atoms with Crippen LogP contribution < -0.4 is 9.47 Å². The SMILES string of the molecule is COc1cc2c(c(Cl)c1-c1c(O)cccc1F)OC[C@H]1CN(C(=O)OC(C)(C)C)CCN1C2. The average Bonchev–Trinajstić information content (AvgIpc) is 2.92. The summed E-state index contributed by atoms with van der Waals surface area (Å²) in [6.45, 7) is 7.98. The van der Waals surface area contributed by atoms with E-state index in [1.165, 1.54) is 25.3 Å². The molecule has 9 heteroatoms. The van der Waals surface area contributed by atoms with Gasteiger partial charge in [-0.3, -0.25) is 4.90 Å². The third kappa shape index (κ3) is 4.68. The van der Waals surface area contributed by atoms with Crippen LogP contribution >= 0.6 is 11.6 Å². The highest BCUT2D eigenvalue weighted by Gasteiger charge is 2.36. The Morgan fingerprint density at radius 2 is 2.03 bits per heavy atom. The van der Waals surface area contributed by atoms with Gasteiger partial charge in [0.2, 0.25) is 0 Å². The van der Waals surface area contributed by atoms with Crippen LogP contribution in [0.2, 0.25) is 5.02 Å². The summed E-state index contributed by atoms with van der Waals surface area (Å²) >= 11 is 6.72. The molecule has 7 nitrogen and oxygen atoms in total. The van der Waals surface area contributed by atoms with E-state index in [1.807, 2.05) is 20.8 Å². The number of carbonyl (C=O) groups is 1. The van der Waals surface area contributed by atoms with Crippen LogP contribution in [0.4, 0.5) is 9.18 Å². The highest BCUT2D eigenvalue weighted by Crippen LogP contribution is 2.49. The number of methoxy groups -OCH3 is 1. The minimum absolute atomic E-state index is 0.0381. The molecule has 178 valence electrons. The van der Waals surface area contributed by atoms with Crippen molar-refractivity contribution >= 4 is 17.7 Å². The molecule has 0 aromatic heterocycles. The summed E-state index contributed by atoms with van der Waals surface area (Å²) < 4.78 is 31.8. The van der Waals surface area contributed by atoms with Crippen molar-refractivity contribution in [3.05, 3.63) is 40.7 Å². The summed E-state index contributed by atoms with van der Waals surface area (Å²) in [6.07, 6.45) is -0.346. The van der Waals surface area contributed by atoms with Crippen molar-refractivity contribution in [2.75, 3.05) is 33.4 Å². The number of hydrogen-bond donors (Lipinski definition) is 1. The second-order valence-electron chi connectivity index (χ2n) is 9.25. The third-order valence-corrected chi connectivity index (χ3v) is 6.13. The van der Waals surface area contributed by atoms with E-state index in [9.17, 15) is 14.3 Å². The van der Waals surface area contributed by atoms with Gasteiger partial charge in [-0.25, -0.2) is 9.18 Å². The lowest BCUT2D eigenvalue weighted by atomic mass is 9.99. The van der Waals surface area contributed by atoms with Crippen molar-refractivity contribution < 1.29 is 28.5 Å². The summed E-state index contributed by atoms with van der Waals surface area (Å²) in [5.41, 5.74) is 0.431. The fourth-order valence-corrected chi connectivity index (χ4v) is 4.60. The smallest absolute Gasteiger partial charge is 0.410 e. The second-order valence-corrected chi connectivity index (χ2v) is 9.63. The molecule has 0 bridgehead atoms. The Morgan fingerprint density at radius 1 is 1.27 bits per heavy atom. The maximum atomic E-state index is 14.6. The highest BCUT2D eigenvalue weighted by atomic mass is 35.5. The molecule has 0 radical (unpaired) electrons. The number of carbonyl (C=O) groups excluding carboxylic acids is 1. The van der Waals surface area contributed by atoms with Crippen molar-refractivity contribution in [1.82, 2.24) is 9.80 Å². The maximum Gasteiger partial charge on any atom is 0.410 e. The number of aromatic hydroxyl groups is 1. The van der Waals surface area contributed by atoms with E-state index in [2.05, 4.69) is 4.90 Å². The number of amides is 1. The first-order valence-corrected chi connectivity index (χ1v) is 11.2. The molecular weight excluding hydrogens is 451 g/mol. The lowest BCUT2D eigenvalue weighted by Gasteiger charge is -2.40. The van der Waals surface area contributed by atoms with Gasteiger partial charge in [-0.1, -0.05) is 17.7 Å². The van der Waals surface area contributed by atoms with Crippen LogP contribution in [-0.2, 0) is 11.3 Å². The van der Waals surface area contributed by atoms with Gasteiger partial charge in [0, 0.05) is 31.7 Å². The van der Waals surface area contributed by atoms with Crippen molar-refractivity contribution in [3.8, 4) is 28.4 Å². The molecule has 0 saturated carbocycles. The van der Waals surface area contributed by atoms with E-state index in [4.69, 9.17) is 25.8 Å². The Balaban J connectivity index is 1.65. The van der Waals surface area contributed by atoms with E-state index >= 15 is 0 Å². The Kier molecular flexibility index (Phi) is 6.33. The van der Waals surface area contributed by atoms with Gasteiger partial charge < -0.3 is 24.2 Å². The summed E-state index contributed by atoms with van der Waals surface area (Å²) in [5, 5.41) is 10.5. The molecule has 2 aromatic rings. The molecule has 1 atom stereocenters. The third-order valence-electron chi connectivity index (χ3n) is 5.77. The number of rotatable bonds is 2. The molecule has 2 aromatic carbocycles. The minimum Gasteiger partial charge on any atom is -0.507 e. The van der Waals surface area contributed by atoms with E-state index in [1.54, 1.807) is 11.0 Å². The van der Waals surface area contributed by atoms with E-state index in [0.717, 1.165) is 5.56 Å². The van der Waals surface area contributed by atoms with Crippen LogP contribution in [-0.4, -0.2) is 66.0 Å². The first-order valence-electron chi connectivity index (χ1n) is 10.8. The van der Waals surface area contributed by atoms with Gasteiger partial charge in [0.1, 0.15) is 35.3 Å². The number of nitrogens with zero attached hydrogens (tertiary/aromatic N) is 2. The highest BCUT2D eigenvalue weighted by molar-refractivity contribution is 6.35. The zero-order chi connectivity index (χ0) is 23.9. The van der Waals surface area contributed by atoms with Crippen molar-refractivity contribution in [3.63, 3.8) is 0 Å². The number of hydrogen-bond acceptors (Lipinski definition) is 6. The number of phenols is 1. The molecule has 33 heavy (non-hydrogen) atoms. The summed E-state index contributed by atoms with van der Waals surface area (Å²) in [7, 11) is 1.47. The van der Waals surface area contributed by atoms with E-state index < -0.39 is 11.4 Å². The zero-order valence-electron chi connectivity index (χ0n) is 19.2. The van der Waals surface area contributed by atoms with Crippen molar-refractivity contribution in [2.24, 2.45) is 0 Å². The van der Waals surface area contributed by atoms with Gasteiger partial charge in [-0.15, -0.1) is 0 Å². The molecule has 1 amide bonds. The number of halogens is 2. The standard InChI is InChI=1S/C24H28ClFN2O5/c1-24(2,3)33-23(30)28-9-8-27-11-14-10-18(31-4)20(19-16(26)6-5-7-17(19)29)21(25)22(14)32-13-15(27)12-28/h5-7,10,15,29H,8-9,11-13H2,1-4H3/t15-/m1/s1. The van der Waals surface area contributed by atoms with Crippen molar-refractivity contribution in [2.45, 2.75) is 39.0 Å². The first-order chi connectivity index (χ1) is 15.6. The minimum atomic E-state index is -0.616. The Bertz CT molecular complexity index is 1050. The number of ether oxygens (including phenoxy) is 3. The van der Waals surface area contributed by atoms with Crippen LogP contribution in [0.1, 0.15) is 26.3 Å². The predicted octanol–water partition coefficient (Wildman–Crippen LogP) is 4.67. The molecule has 1 saturated heterocycles. The largest absolute Gasteiger partial charge is 0.507 e. The summed E-state index contributed by atoms with van der Waals surface area (Å²) in [4.78, 5) is 16.5. The fraction of sp³-hybridized carbons (Fsp3) is 0.458. The fourth-order valence-electron chi connectivity index (χ4n) is 4.24. The molecule has 1 fully saturated rings. The molecule has 2 heterocycles. The van der Waals surface area contributed by atoms with Crippen LogP contribution in [0.25, 0.3) is 11.1 Å². The van der Waals surface area contributed by atoms with Crippen molar-refractivity contribution in [1.29, 1.82) is 0 Å². The van der Waals surface area contributed by atoms with E-state index in [-0.39, 0.29) is 34.0 Å². The second kappa shape index (κ2) is 8.91. The van der Waals surface area contributed by atoms with Gasteiger partial charge in [0.05, 0.1) is 29.3 Å². The number of benzene rings is 2. The zero-order valence-corrected chi connectivity index (χ0v) is 19.9. The molecule has 0 aliphatic carbocycles. The van der Waals surface area contributed by atoms with Gasteiger partial charge >= 0.3 is 6.09 Å². The number of phenolic OH excluding ortho intramolecular Hbond substituents is 1. The average molecular weight is 479 g/mol. The number of piperazine rings is 1. The monoisotopic (exact) mass is 478 g/mol. The molecule has 4 rings (SSSR count). The Morgan fingerprint density at radius 3 is 2.70 bits per heavy atom. The predicted molar refractivity (Wildman–Crippen MR) is 123 cm³/mol. The number of fused-ring (bicyclic) bond motifs is 2. The molecule has 2 aliphatic heterocycles. The molecule has 0 unspecified atom stereocenters. The van der Waals surface area contributed by atoms with E-state index in [0.29, 0.717) is 44.3 Å². The first kappa shape index (κ1) is 23.4. The maximum absolute atomic E-state index is 14.6. The Labute approximate surface area is 197 Å². The van der Waals surface area contributed by atoms with Gasteiger partial charge in [0.15, 0.2) is 0 Å². The summed E-state index contributed by atoms with van der Waals surface area (Å²) in [6, 6.07) is 5.77. The lowest BCUT2D eigenvalue weighted by molar-refractivity contribution is -0.00154.